The number of aryl methyl sites for hydroxylation is 1. The van der Waals surface area contributed by atoms with Crippen LogP contribution in [0.3, 0.4) is 0 Å². The van der Waals surface area contributed by atoms with Crippen LogP contribution >= 0.6 is 0 Å². The summed E-state index contributed by atoms with van der Waals surface area (Å²) in [6, 6.07) is 0. The molecule has 0 aliphatic carbocycles. The van der Waals surface area contributed by atoms with Gasteiger partial charge in [0.1, 0.15) is 5.82 Å². The third-order valence-corrected chi connectivity index (χ3v) is 2.97. The van der Waals surface area contributed by atoms with Crippen molar-refractivity contribution in [2.24, 2.45) is 5.41 Å². The second-order valence-corrected chi connectivity index (χ2v) is 6.99. The number of hydrogen-bond acceptors (Lipinski definition) is 2. The predicted octanol–water partition coefficient (Wildman–Crippen LogP) is 3.25. The zero-order chi connectivity index (χ0) is 13.8. The molecule has 104 valence electrons. The Kier molecular flexibility index (Phi) is 4.97. The van der Waals surface area contributed by atoms with Gasteiger partial charge in [-0.05, 0) is 32.6 Å². The molecule has 3 heteroatoms. The van der Waals surface area contributed by atoms with Gasteiger partial charge in [0, 0.05) is 37.4 Å². The van der Waals surface area contributed by atoms with Gasteiger partial charge in [-0.2, -0.15) is 0 Å². The second kappa shape index (κ2) is 5.87. The Labute approximate surface area is 112 Å². The standard InChI is InChI=1S/C15H29N3/c1-7-8-13-16-9-10-18(13)12-15(5,6)11-17-14(2,3)4/h9-10,17H,7-8,11-12H2,1-6H3. The Morgan fingerprint density at radius 2 is 1.89 bits per heavy atom. The van der Waals surface area contributed by atoms with E-state index in [0.717, 1.165) is 25.9 Å². The van der Waals surface area contributed by atoms with E-state index in [0.29, 0.717) is 0 Å². The number of aromatic nitrogens is 2. The van der Waals surface area contributed by atoms with Crippen molar-refractivity contribution in [3.8, 4) is 0 Å². The van der Waals surface area contributed by atoms with Crippen LogP contribution in [0.5, 0.6) is 0 Å². The number of nitrogens with one attached hydrogen (secondary N) is 1. The van der Waals surface area contributed by atoms with E-state index in [1.54, 1.807) is 0 Å². The third kappa shape index (κ3) is 5.21. The fraction of sp³-hybridized carbons (Fsp3) is 0.800. The van der Waals surface area contributed by atoms with Gasteiger partial charge >= 0.3 is 0 Å². The van der Waals surface area contributed by atoms with Crippen LogP contribution < -0.4 is 5.32 Å². The quantitative estimate of drug-likeness (QED) is 0.841. The highest BCUT2D eigenvalue weighted by Gasteiger charge is 2.22. The summed E-state index contributed by atoms with van der Waals surface area (Å²) in [6.45, 7) is 15.5. The Hall–Kier alpha value is -0.830. The van der Waals surface area contributed by atoms with Crippen molar-refractivity contribution in [1.29, 1.82) is 0 Å². The molecule has 1 rings (SSSR count). The maximum atomic E-state index is 4.44. The molecular weight excluding hydrogens is 222 g/mol. The topological polar surface area (TPSA) is 29.9 Å². The lowest BCUT2D eigenvalue weighted by Gasteiger charge is -2.31. The van der Waals surface area contributed by atoms with Gasteiger partial charge in [0.25, 0.3) is 0 Å². The van der Waals surface area contributed by atoms with Gasteiger partial charge in [0.05, 0.1) is 0 Å². The van der Waals surface area contributed by atoms with Crippen LogP contribution in [-0.2, 0) is 13.0 Å². The van der Waals surface area contributed by atoms with Crippen molar-refractivity contribution in [3.05, 3.63) is 18.2 Å². The number of rotatable bonds is 6. The minimum absolute atomic E-state index is 0.179. The molecule has 1 aromatic rings. The molecule has 0 amide bonds. The molecule has 0 radical (unpaired) electrons. The molecule has 0 saturated heterocycles. The number of hydrogen-bond donors (Lipinski definition) is 1. The molecular formula is C15H29N3. The summed E-state index contributed by atoms with van der Waals surface area (Å²) in [6.07, 6.45) is 6.23. The van der Waals surface area contributed by atoms with E-state index in [4.69, 9.17) is 0 Å². The van der Waals surface area contributed by atoms with Crippen LogP contribution in [0.1, 0.15) is 53.8 Å². The van der Waals surface area contributed by atoms with E-state index in [2.05, 4.69) is 62.6 Å². The predicted molar refractivity (Wildman–Crippen MR) is 77.8 cm³/mol. The van der Waals surface area contributed by atoms with E-state index in [9.17, 15) is 0 Å². The second-order valence-electron chi connectivity index (χ2n) is 6.99. The van der Waals surface area contributed by atoms with Gasteiger partial charge in [-0.1, -0.05) is 20.8 Å². The molecule has 1 N–H and O–H groups in total. The lowest BCUT2D eigenvalue weighted by molar-refractivity contribution is 0.253. The summed E-state index contributed by atoms with van der Waals surface area (Å²) in [5.74, 6) is 1.21. The van der Waals surface area contributed by atoms with E-state index in [1.165, 1.54) is 5.82 Å². The molecule has 0 aliphatic rings. The van der Waals surface area contributed by atoms with Gasteiger partial charge in [-0.3, -0.25) is 0 Å². The molecule has 3 nitrogen and oxygen atoms in total. The zero-order valence-electron chi connectivity index (χ0n) is 12.9. The molecule has 1 heterocycles. The van der Waals surface area contributed by atoms with Crippen molar-refractivity contribution in [3.63, 3.8) is 0 Å². The van der Waals surface area contributed by atoms with Gasteiger partial charge < -0.3 is 9.88 Å². The smallest absolute Gasteiger partial charge is 0.108 e. The summed E-state index contributed by atoms with van der Waals surface area (Å²) in [4.78, 5) is 4.44. The Morgan fingerprint density at radius 1 is 1.22 bits per heavy atom. The average molecular weight is 251 g/mol. The minimum atomic E-state index is 0.179. The molecule has 0 spiro atoms. The fourth-order valence-corrected chi connectivity index (χ4v) is 1.96. The molecule has 0 unspecified atom stereocenters. The van der Waals surface area contributed by atoms with Crippen LogP contribution in [0.4, 0.5) is 0 Å². The van der Waals surface area contributed by atoms with Gasteiger partial charge in [0.15, 0.2) is 0 Å². The first-order valence-electron chi connectivity index (χ1n) is 6.98. The first-order valence-corrected chi connectivity index (χ1v) is 6.98. The fourth-order valence-electron chi connectivity index (χ4n) is 1.96. The summed E-state index contributed by atoms with van der Waals surface area (Å²) in [7, 11) is 0. The first-order chi connectivity index (χ1) is 8.23. The van der Waals surface area contributed by atoms with Crippen LogP contribution in [0.25, 0.3) is 0 Å². The molecule has 18 heavy (non-hydrogen) atoms. The lowest BCUT2D eigenvalue weighted by atomic mass is 9.91. The summed E-state index contributed by atoms with van der Waals surface area (Å²) in [5.41, 5.74) is 0.412. The van der Waals surface area contributed by atoms with Crippen molar-refractivity contribution in [2.75, 3.05) is 6.54 Å². The van der Waals surface area contributed by atoms with Crippen LogP contribution in [0, 0.1) is 5.41 Å². The molecule has 1 aromatic heterocycles. The maximum Gasteiger partial charge on any atom is 0.108 e. The van der Waals surface area contributed by atoms with Gasteiger partial charge in [0.2, 0.25) is 0 Å². The van der Waals surface area contributed by atoms with E-state index < -0.39 is 0 Å². The summed E-state index contributed by atoms with van der Waals surface area (Å²) in [5, 5.41) is 3.59. The number of nitrogens with zero attached hydrogens (tertiary/aromatic N) is 2. The monoisotopic (exact) mass is 251 g/mol. The summed E-state index contributed by atoms with van der Waals surface area (Å²) < 4.78 is 2.30. The van der Waals surface area contributed by atoms with E-state index in [1.807, 2.05) is 6.20 Å². The largest absolute Gasteiger partial charge is 0.334 e. The molecule has 0 fully saturated rings. The first kappa shape index (κ1) is 15.2. The van der Waals surface area contributed by atoms with Gasteiger partial charge in [-0.25, -0.2) is 4.98 Å². The minimum Gasteiger partial charge on any atom is -0.334 e. The Bertz CT molecular complexity index is 358. The Balaban J connectivity index is 2.61. The van der Waals surface area contributed by atoms with Crippen molar-refractivity contribution >= 4 is 0 Å². The van der Waals surface area contributed by atoms with E-state index in [-0.39, 0.29) is 11.0 Å². The van der Waals surface area contributed by atoms with E-state index >= 15 is 0 Å². The lowest BCUT2D eigenvalue weighted by Crippen LogP contribution is -2.43. The summed E-state index contributed by atoms with van der Waals surface area (Å²) >= 11 is 0. The molecule has 0 bridgehead atoms. The maximum absolute atomic E-state index is 4.44. The van der Waals surface area contributed by atoms with Gasteiger partial charge in [-0.15, -0.1) is 0 Å². The molecule has 0 aromatic carbocycles. The van der Waals surface area contributed by atoms with Crippen LogP contribution in [0.2, 0.25) is 0 Å². The highest BCUT2D eigenvalue weighted by molar-refractivity contribution is 4.94. The third-order valence-electron chi connectivity index (χ3n) is 2.97. The average Bonchev–Trinajstić information content (AvgIpc) is 2.62. The zero-order valence-corrected chi connectivity index (χ0v) is 12.9. The van der Waals surface area contributed by atoms with Crippen molar-refractivity contribution < 1.29 is 0 Å². The van der Waals surface area contributed by atoms with Crippen LogP contribution in [-0.4, -0.2) is 21.6 Å². The van der Waals surface area contributed by atoms with Crippen molar-refractivity contribution in [1.82, 2.24) is 14.9 Å². The highest BCUT2D eigenvalue weighted by Crippen LogP contribution is 2.19. The molecule has 0 atom stereocenters. The SMILES string of the molecule is CCCc1nccn1CC(C)(C)CNC(C)(C)C. The Morgan fingerprint density at radius 3 is 2.44 bits per heavy atom. The highest BCUT2D eigenvalue weighted by atomic mass is 15.1. The van der Waals surface area contributed by atoms with Crippen LogP contribution in [0.15, 0.2) is 12.4 Å². The molecule has 0 saturated carbocycles. The normalized spacial score (nSPS) is 13.0. The number of imidazole rings is 1. The van der Waals surface area contributed by atoms with Crippen molar-refractivity contribution in [2.45, 2.75) is 66.5 Å². The molecule has 0 aliphatic heterocycles.